The van der Waals surface area contributed by atoms with Crippen molar-refractivity contribution in [3.05, 3.63) is 11.6 Å². The lowest BCUT2D eigenvalue weighted by atomic mass is 9.46. The Morgan fingerprint density at radius 2 is 2.00 bits per heavy atom. The number of carbonyl (C=O) groups excluding carboxylic acids is 2. The van der Waals surface area contributed by atoms with Gasteiger partial charge in [0.1, 0.15) is 11.9 Å². The van der Waals surface area contributed by atoms with Crippen LogP contribution in [0.2, 0.25) is 0 Å². The highest BCUT2D eigenvalue weighted by Crippen LogP contribution is 2.66. The smallest absolute Gasteiger partial charge is 0.166 e. The third kappa shape index (κ3) is 2.43. The zero-order valence-electron chi connectivity index (χ0n) is 15.3. The topological polar surface area (TPSA) is 54.4 Å². The summed E-state index contributed by atoms with van der Waals surface area (Å²) in [6, 6.07) is 0. The summed E-state index contributed by atoms with van der Waals surface area (Å²) in [5, 5.41) is 9.97. The number of ketones is 2. The summed E-state index contributed by atoms with van der Waals surface area (Å²) in [7, 11) is 0. The number of carbonyl (C=O) groups is 2. The molecule has 0 aliphatic heterocycles. The first-order chi connectivity index (χ1) is 11.8. The molecule has 25 heavy (non-hydrogen) atoms. The number of rotatable bonds is 2. The molecule has 0 aromatic rings. The van der Waals surface area contributed by atoms with E-state index in [1.54, 1.807) is 0 Å². The molecule has 0 bridgehead atoms. The largest absolute Gasteiger partial charge is 0.381 e. The number of hydrogen-bond acceptors (Lipinski definition) is 4. The molecular formula is C21H30O3S. The van der Waals surface area contributed by atoms with Crippen molar-refractivity contribution in [3.63, 3.8) is 0 Å². The van der Waals surface area contributed by atoms with E-state index < -0.39 is 6.10 Å². The van der Waals surface area contributed by atoms with Crippen LogP contribution in [0.3, 0.4) is 0 Å². The molecule has 3 saturated carbocycles. The van der Waals surface area contributed by atoms with Gasteiger partial charge >= 0.3 is 0 Å². The van der Waals surface area contributed by atoms with Crippen LogP contribution in [-0.2, 0) is 9.59 Å². The van der Waals surface area contributed by atoms with E-state index in [-0.39, 0.29) is 22.5 Å². The number of thiol groups is 1. The zero-order chi connectivity index (χ0) is 18.0. The minimum absolute atomic E-state index is 0.0187. The van der Waals surface area contributed by atoms with Crippen LogP contribution in [0, 0.1) is 34.5 Å². The molecule has 0 aromatic carbocycles. The number of hydrogen-bond donors (Lipinski definition) is 2. The summed E-state index contributed by atoms with van der Waals surface area (Å²) < 4.78 is 0. The fourth-order valence-corrected chi connectivity index (χ4v) is 7.45. The van der Waals surface area contributed by atoms with E-state index in [4.69, 9.17) is 0 Å². The van der Waals surface area contributed by atoms with Gasteiger partial charge in [0.25, 0.3) is 0 Å². The number of fused-ring (bicyclic) bond motifs is 5. The Labute approximate surface area is 156 Å². The monoisotopic (exact) mass is 362 g/mol. The second-order valence-corrected chi connectivity index (χ2v) is 9.73. The molecule has 3 fully saturated rings. The Bertz CT molecular complexity index is 641. The van der Waals surface area contributed by atoms with Crippen molar-refractivity contribution in [1.82, 2.24) is 0 Å². The standard InChI is InChI=1S/C21H30O3S/c1-20-8-7-15-13(14(20)5-6-16(20)19(24)11-25)4-3-12-9-17(22)18(23)10-21(12,15)2/h9,13-17,22,25H,3-8,10-11H2,1-2H3/t13-,14-,15-,16+,17?,20-,21-/m0/s1. The van der Waals surface area contributed by atoms with Crippen molar-refractivity contribution in [3.8, 4) is 0 Å². The Kier molecular flexibility index (Phi) is 4.23. The van der Waals surface area contributed by atoms with Crippen LogP contribution in [0.5, 0.6) is 0 Å². The molecule has 0 saturated heterocycles. The van der Waals surface area contributed by atoms with Gasteiger partial charge in [-0.05, 0) is 73.2 Å². The Morgan fingerprint density at radius 1 is 1.24 bits per heavy atom. The average molecular weight is 363 g/mol. The van der Waals surface area contributed by atoms with Crippen molar-refractivity contribution in [1.29, 1.82) is 0 Å². The van der Waals surface area contributed by atoms with Crippen LogP contribution < -0.4 is 0 Å². The molecule has 4 rings (SSSR count). The van der Waals surface area contributed by atoms with Crippen molar-refractivity contribution in [2.45, 2.75) is 64.9 Å². The Hall–Kier alpha value is -0.610. The maximum Gasteiger partial charge on any atom is 0.166 e. The average Bonchev–Trinajstić information content (AvgIpc) is 2.93. The van der Waals surface area contributed by atoms with Crippen LogP contribution in [0.1, 0.15) is 58.8 Å². The highest BCUT2D eigenvalue weighted by atomic mass is 32.1. The number of aliphatic hydroxyl groups is 1. The summed E-state index contributed by atoms with van der Waals surface area (Å²) in [6.45, 7) is 4.60. The van der Waals surface area contributed by atoms with E-state index in [1.165, 1.54) is 5.57 Å². The third-order valence-electron chi connectivity index (χ3n) is 8.51. The van der Waals surface area contributed by atoms with Crippen LogP contribution in [0.15, 0.2) is 11.6 Å². The van der Waals surface area contributed by atoms with E-state index in [1.807, 2.05) is 6.08 Å². The second kappa shape index (κ2) is 5.95. The molecule has 0 aromatic heterocycles. The summed E-state index contributed by atoms with van der Waals surface area (Å²) in [5.74, 6) is 2.57. The van der Waals surface area contributed by atoms with Crippen LogP contribution in [0.4, 0.5) is 0 Å². The summed E-state index contributed by atoms with van der Waals surface area (Å²) >= 11 is 4.25. The summed E-state index contributed by atoms with van der Waals surface area (Å²) in [6.07, 6.45) is 7.94. The number of aliphatic hydroxyl groups excluding tert-OH is 1. The third-order valence-corrected chi connectivity index (χ3v) is 8.82. The van der Waals surface area contributed by atoms with Crippen molar-refractivity contribution < 1.29 is 14.7 Å². The summed E-state index contributed by atoms with van der Waals surface area (Å²) in [4.78, 5) is 24.7. The molecule has 3 nitrogen and oxygen atoms in total. The van der Waals surface area contributed by atoms with Gasteiger partial charge < -0.3 is 5.11 Å². The number of allylic oxidation sites excluding steroid dienone is 1. The molecular weight excluding hydrogens is 332 g/mol. The molecule has 0 amide bonds. The van der Waals surface area contributed by atoms with Gasteiger partial charge in [-0.1, -0.05) is 19.4 Å². The van der Waals surface area contributed by atoms with E-state index in [0.717, 1.165) is 38.5 Å². The maximum atomic E-state index is 12.4. The quantitative estimate of drug-likeness (QED) is 0.583. The second-order valence-electron chi connectivity index (χ2n) is 9.41. The van der Waals surface area contributed by atoms with Crippen molar-refractivity contribution in [2.75, 3.05) is 5.75 Å². The predicted molar refractivity (Wildman–Crippen MR) is 100 cm³/mol. The Balaban J connectivity index is 1.65. The minimum Gasteiger partial charge on any atom is -0.381 e. The first-order valence-corrected chi connectivity index (χ1v) is 10.5. The van der Waals surface area contributed by atoms with Gasteiger partial charge in [-0.25, -0.2) is 0 Å². The lowest BCUT2D eigenvalue weighted by Crippen LogP contribution is -2.52. The van der Waals surface area contributed by atoms with Crippen LogP contribution >= 0.6 is 12.6 Å². The Morgan fingerprint density at radius 3 is 2.72 bits per heavy atom. The van der Waals surface area contributed by atoms with Gasteiger partial charge in [-0.3, -0.25) is 9.59 Å². The van der Waals surface area contributed by atoms with E-state index in [2.05, 4.69) is 26.5 Å². The van der Waals surface area contributed by atoms with Crippen LogP contribution in [-0.4, -0.2) is 28.5 Å². The molecule has 4 aliphatic carbocycles. The van der Waals surface area contributed by atoms with Gasteiger partial charge in [-0.15, -0.1) is 0 Å². The van der Waals surface area contributed by atoms with E-state index in [9.17, 15) is 14.7 Å². The summed E-state index contributed by atoms with van der Waals surface area (Å²) in [5.41, 5.74) is 1.36. The molecule has 1 unspecified atom stereocenters. The highest BCUT2D eigenvalue weighted by molar-refractivity contribution is 7.81. The van der Waals surface area contributed by atoms with Gasteiger partial charge in [0.05, 0.1) is 0 Å². The first-order valence-electron chi connectivity index (χ1n) is 9.87. The highest BCUT2D eigenvalue weighted by Gasteiger charge is 2.60. The van der Waals surface area contributed by atoms with Crippen molar-refractivity contribution in [2.24, 2.45) is 34.5 Å². The van der Waals surface area contributed by atoms with Gasteiger partial charge in [0.15, 0.2) is 5.78 Å². The van der Waals surface area contributed by atoms with E-state index in [0.29, 0.717) is 35.7 Å². The van der Waals surface area contributed by atoms with Gasteiger partial charge in [0.2, 0.25) is 0 Å². The van der Waals surface area contributed by atoms with Gasteiger partial charge in [0, 0.05) is 18.1 Å². The predicted octanol–water partition coefficient (Wildman–Crippen LogP) is 3.60. The molecule has 0 radical (unpaired) electrons. The van der Waals surface area contributed by atoms with Crippen molar-refractivity contribution >= 4 is 24.2 Å². The van der Waals surface area contributed by atoms with Crippen LogP contribution in [0.25, 0.3) is 0 Å². The maximum absolute atomic E-state index is 12.4. The lowest BCUT2D eigenvalue weighted by Gasteiger charge is -2.58. The zero-order valence-corrected chi connectivity index (χ0v) is 16.2. The first kappa shape index (κ1) is 17.8. The molecule has 4 aliphatic rings. The fourth-order valence-electron chi connectivity index (χ4n) is 7.23. The molecule has 7 atom stereocenters. The normalized spacial score (nSPS) is 49.0. The SMILES string of the molecule is C[C@]12CC[C@H]3[C@@H](CCC4=CC(O)C(=O)C[C@@]43C)[C@@H]1CC[C@@H]2C(=O)CS. The van der Waals surface area contributed by atoms with Gasteiger partial charge in [-0.2, -0.15) is 12.6 Å². The van der Waals surface area contributed by atoms with E-state index >= 15 is 0 Å². The minimum atomic E-state index is -0.891. The fraction of sp³-hybridized carbons (Fsp3) is 0.810. The number of Topliss-reactive ketones (excluding diaryl/α,β-unsaturated/α-hetero) is 2. The molecule has 4 heteroatoms. The molecule has 0 spiro atoms. The lowest BCUT2D eigenvalue weighted by molar-refractivity contribution is -0.133. The molecule has 0 heterocycles. The molecule has 1 N–H and O–H groups in total. The molecule has 138 valence electrons.